The summed E-state index contributed by atoms with van der Waals surface area (Å²) >= 11 is 0. The second-order valence-corrected chi connectivity index (χ2v) is 5.57. The molecule has 0 saturated carbocycles. The third-order valence-electron chi connectivity index (χ3n) is 3.87. The highest BCUT2D eigenvalue weighted by Crippen LogP contribution is 2.20. The Kier molecular flexibility index (Phi) is 4.61. The summed E-state index contributed by atoms with van der Waals surface area (Å²) in [5.74, 6) is -0.687. The molecule has 2 aromatic carbocycles. The first-order valence-corrected chi connectivity index (χ1v) is 7.69. The van der Waals surface area contributed by atoms with Crippen LogP contribution >= 0.6 is 0 Å². The van der Waals surface area contributed by atoms with E-state index >= 15 is 0 Å². The van der Waals surface area contributed by atoms with Gasteiger partial charge in [0.15, 0.2) is 0 Å². The molecule has 126 valence electrons. The van der Waals surface area contributed by atoms with Crippen molar-refractivity contribution in [2.75, 3.05) is 29.9 Å². The van der Waals surface area contributed by atoms with Crippen LogP contribution in [0.25, 0.3) is 0 Å². The highest BCUT2D eigenvalue weighted by molar-refractivity contribution is 5.99. The van der Waals surface area contributed by atoms with Crippen LogP contribution in [0.15, 0.2) is 48.5 Å². The Bertz CT molecular complexity index is 828. The normalized spacial score (nSPS) is 13.7. The number of urea groups is 1. The van der Waals surface area contributed by atoms with Gasteiger partial charge >= 0.3 is 6.03 Å². The lowest BCUT2D eigenvalue weighted by Gasteiger charge is -2.18. The number of anilines is 2. The van der Waals surface area contributed by atoms with E-state index in [1.165, 1.54) is 34.1 Å². The molecule has 1 saturated heterocycles. The van der Waals surface area contributed by atoms with E-state index in [0.29, 0.717) is 30.0 Å². The van der Waals surface area contributed by atoms with E-state index in [4.69, 9.17) is 5.26 Å². The van der Waals surface area contributed by atoms with Crippen molar-refractivity contribution in [2.45, 2.75) is 0 Å². The molecule has 3 amide bonds. The SMILES string of the molecule is N#Cc1ccc(NC(=O)CN2CCN(c3ccc(F)cc3)C2=O)cc1. The minimum atomic E-state index is -0.367. The van der Waals surface area contributed by atoms with Crippen molar-refractivity contribution >= 4 is 23.3 Å². The molecular formula is C18H15FN4O2. The number of hydrogen-bond donors (Lipinski definition) is 1. The zero-order valence-corrected chi connectivity index (χ0v) is 13.3. The van der Waals surface area contributed by atoms with Gasteiger partial charge in [-0.15, -0.1) is 0 Å². The Balaban J connectivity index is 1.59. The summed E-state index contributed by atoms with van der Waals surface area (Å²) in [6, 6.07) is 13.8. The third kappa shape index (κ3) is 3.75. The molecule has 2 aromatic rings. The van der Waals surface area contributed by atoms with Crippen LogP contribution in [0.3, 0.4) is 0 Å². The Hall–Kier alpha value is -3.40. The molecule has 7 heteroatoms. The molecule has 3 rings (SSSR count). The van der Waals surface area contributed by atoms with Gasteiger partial charge in [0.05, 0.1) is 11.6 Å². The maximum absolute atomic E-state index is 13.0. The van der Waals surface area contributed by atoms with Crippen LogP contribution in [0, 0.1) is 17.1 Å². The van der Waals surface area contributed by atoms with E-state index in [1.807, 2.05) is 6.07 Å². The number of nitrogens with zero attached hydrogens (tertiary/aromatic N) is 3. The standard InChI is InChI=1S/C18H15FN4O2/c19-14-3-7-16(8-4-14)23-10-9-22(18(23)25)12-17(24)21-15-5-1-13(11-20)2-6-15/h1-8H,9-10,12H2,(H,21,24). The maximum atomic E-state index is 13.0. The van der Waals surface area contributed by atoms with Crippen LogP contribution in [-0.4, -0.2) is 36.5 Å². The zero-order chi connectivity index (χ0) is 17.8. The second kappa shape index (κ2) is 7.01. The van der Waals surface area contributed by atoms with Crippen LogP contribution in [0.1, 0.15) is 5.56 Å². The van der Waals surface area contributed by atoms with Crippen molar-refractivity contribution in [3.8, 4) is 6.07 Å². The van der Waals surface area contributed by atoms with E-state index in [2.05, 4.69) is 5.32 Å². The predicted octanol–water partition coefficient (Wildman–Crippen LogP) is 2.58. The number of halogens is 1. The molecule has 0 spiro atoms. The van der Waals surface area contributed by atoms with E-state index in [9.17, 15) is 14.0 Å². The first-order valence-electron chi connectivity index (χ1n) is 7.69. The van der Waals surface area contributed by atoms with Crippen LogP contribution in [0.2, 0.25) is 0 Å². The van der Waals surface area contributed by atoms with Crippen LogP contribution < -0.4 is 10.2 Å². The number of amides is 3. The van der Waals surface area contributed by atoms with Gasteiger partial charge in [0.2, 0.25) is 5.91 Å². The first-order chi connectivity index (χ1) is 12.1. The van der Waals surface area contributed by atoms with E-state index < -0.39 is 0 Å². The average Bonchev–Trinajstić information content (AvgIpc) is 2.97. The summed E-state index contributed by atoms with van der Waals surface area (Å²) in [6.07, 6.45) is 0. The molecular weight excluding hydrogens is 323 g/mol. The summed E-state index contributed by atoms with van der Waals surface area (Å²) < 4.78 is 13.0. The van der Waals surface area contributed by atoms with Gasteiger partial charge in [0, 0.05) is 24.5 Å². The van der Waals surface area contributed by atoms with Crippen molar-refractivity contribution in [3.05, 3.63) is 59.9 Å². The van der Waals surface area contributed by atoms with Crippen LogP contribution in [0.4, 0.5) is 20.6 Å². The number of rotatable bonds is 4. The lowest BCUT2D eigenvalue weighted by atomic mass is 10.2. The van der Waals surface area contributed by atoms with Crippen molar-refractivity contribution < 1.29 is 14.0 Å². The van der Waals surface area contributed by atoms with E-state index in [0.717, 1.165) is 0 Å². The number of carbonyl (C=O) groups excluding carboxylic acids is 2. The van der Waals surface area contributed by atoms with E-state index in [1.54, 1.807) is 24.3 Å². The van der Waals surface area contributed by atoms with Crippen molar-refractivity contribution in [2.24, 2.45) is 0 Å². The molecule has 0 atom stereocenters. The largest absolute Gasteiger partial charge is 0.325 e. The monoisotopic (exact) mass is 338 g/mol. The van der Waals surface area contributed by atoms with Crippen LogP contribution in [0.5, 0.6) is 0 Å². The third-order valence-corrected chi connectivity index (χ3v) is 3.87. The number of nitrogens with one attached hydrogen (secondary N) is 1. The summed E-state index contributed by atoms with van der Waals surface area (Å²) in [6.45, 7) is 0.780. The van der Waals surface area contributed by atoms with Crippen molar-refractivity contribution in [1.29, 1.82) is 5.26 Å². The molecule has 1 aliphatic heterocycles. The van der Waals surface area contributed by atoms with Gasteiger partial charge in [0.25, 0.3) is 0 Å². The highest BCUT2D eigenvalue weighted by atomic mass is 19.1. The first kappa shape index (κ1) is 16.5. The number of carbonyl (C=O) groups is 2. The van der Waals surface area contributed by atoms with Gasteiger partial charge in [-0.1, -0.05) is 0 Å². The fourth-order valence-electron chi connectivity index (χ4n) is 2.59. The van der Waals surface area contributed by atoms with Gasteiger partial charge in [-0.2, -0.15) is 5.26 Å². The zero-order valence-electron chi connectivity index (χ0n) is 13.3. The van der Waals surface area contributed by atoms with Crippen molar-refractivity contribution in [3.63, 3.8) is 0 Å². The fraction of sp³-hybridized carbons (Fsp3) is 0.167. The summed E-state index contributed by atoms with van der Waals surface area (Å²) in [4.78, 5) is 27.5. The maximum Gasteiger partial charge on any atom is 0.325 e. The topological polar surface area (TPSA) is 76.4 Å². The minimum Gasteiger partial charge on any atom is -0.325 e. The van der Waals surface area contributed by atoms with Gasteiger partial charge < -0.3 is 10.2 Å². The van der Waals surface area contributed by atoms with Gasteiger partial charge in [-0.05, 0) is 48.5 Å². The highest BCUT2D eigenvalue weighted by Gasteiger charge is 2.30. The molecule has 1 heterocycles. The summed E-state index contributed by atoms with van der Waals surface area (Å²) in [7, 11) is 0. The molecule has 1 fully saturated rings. The molecule has 0 aliphatic carbocycles. The Morgan fingerprint density at radius 2 is 1.80 bits per heavy atom. The average molecular weight is 338 g/mol. The predicted molar refractivity (Wildman–Crippen MR) is 90.5 cm³/mol. The van der Waals surface area contributed by atoms with Crippen molar-refractivity contribution in [1.82, 2.24) is 4.90 Å². The summed E-state index contributed by atoms with van der Waals surface area (Å²) in [5.41, 5.74) is 1.66. The smallest absolute Gasteiger partial charge is 0.325 e. The molecule has 1 N–H and O–H groups in total. The number of nitriles is 1. The molecule has 25 heavy (non-hydrogen) atoms. The van der Waals surface area contributed by atoms with Crippen LogP contribution in [-0.2, 0) is 4.79 Å². The van der Waals surface area contributed by atoms with Gasteiger partial charge in [-0.25, -0.2) is 9.18 Å². The molecule has 6 nitrogen and oxygen atoms in total. The van der Waals surface area contributed by atoms with Gasteiger partial charge in [-0.3, -0.25) is 9.69 Å². The number of hydrogen-bond acceptors (Lipinski definition) is 3. The lowest BCUT2D eigenvalue weighted by Crippen LogP contribution is -2.37. The Labute approximate surface area is 144 Å². The number of benzene rings is 2. The second-order valence-electron chi connectivity index (χ2n) is 5.57. The Morgan fingerprint density at radius 1 is 1.12 bits per heavy atom. The molecule has 0 unspecified atom stereocenters. The molecule has 0 aromatic heterocycles. The molecule has 1 aliphatic rings. The molecule has 0 radical (unpaired) electrons. The quantitative estimate of drug-likeness (QED) is 0.931. The summed E-state index contributed by atoms with van der Waals surface area (Å²) in [5, 5.41) is 11.4. The van der Waals surface area contributed by atoms with E-state index in [-0.39, 0.29) is 24.3 Å². The minimum absolute atomic E-state index is 0.0729. The molecule has 0 bridgehead atoms. The Morgan fingerprint density at radius 3 is 2.44 bits per heavy atom. The lowest BCUT2D eigenvalue weighted by molar-refractivity contribution is -0.116. The van der Waals surface area contributed by atoms with Gasteiger partial charge in [0.1, 0.15) is 12.4 Å². The fourth-order valence-corrected chi connectivity index (χ4v) is 2.59.